The van der Waals surface area contributed by atoms with Crippen molar-refractivity contribution in [1.82, 2.24) is 9.29 Å². The molecule has 1 atom stereocenters. The molecular weight excluding hydrogens is 400 g/mol. The second-order valence-electron chi connectivity index (χ2n) is 6.87. The Balaban J connectivity index is 2.37. The first-order valence-corrected chi connectivity index (χ1v) is 9.64. The molecule has 2 N–H and O–H groups in total. The second kappa shape index (κ2) is 7.44. The number of carbonyl (C=O) groups excluding carboxylic acids is 2. The molecule has 2 aromatic rings. The van der Waals surface area contributed by atoms with Crippen molar-refractivity contribution in [3.63, 3.8) is 0 Å². The summed E-state index contributed by atoms with van der Waals surface area (Å²) in [5.74, 6) is -3.11. The Labute approximate surface area is 160 Å². The molecule has 0 spiro atoms. The number of halogens is 3. The maximum absolute atomic E-state index is 13.4. The van der Waals surface area contributed by atoms with E-state index in [1.54, 1.807) is 20.8 Å². The summed E-state index contributed by atoms with van der Waals surface area (Å²) in [6, 6.07) is 3.11. The van der Waals surface area contributed by atoms with Gasteiger partial charge >= 0.3 is 0 Å². The number of aryl methyl sites for hydroxylation is 1. The number of aromatic nitrogens is 1. The maximum atomic E-state index is 13.4. The van der Waals surface area contributed by atoms with Crippen LogP contribution in [-0.4, -0.2) is 25.5 Å². The van der Waals surface area contributed by atoms with E-state index in [-0.39, 0.29) is 16.3 Å². The Hall–Kier alpha value is -2.19. The van der Waals surface area contributed by atoms with E-state index in [0.717, 1.165) is 12.1 Å². The summed E-state index contributed by atoms with van der Waals surface area (Å²) in [5.41, 5.74) is -0.651. The van der Waals surface area contributed by atoms with E-state index < -0.39 is 37.8 Å². The number of hydrogen-bond donors (Lipinski definition) is 2. The highest BCUT2D eigenvalue weighted by Gasteiger charge is 2.24. The summed E-state index contributed by atoms with van der Waals surface area (Å²) in [5, 5.41) is 3.41. The first kappa shape index (κ1) is 21.1. The van der Waals surface area contributed by atoms with Crippen LogP contribution in [0.15, 0.2) is 29.3 Å². The zero-order valence-electron chi connectivity index (χ0n) is 15.0. The van der Waals surface area contributed by atoms with E-state index in [9.17, 15) is 22.6 Å². The molecule has 0 radical (unpaired) electrons. The van der Waals surface area contributed by atoms with Crippen LogP contribution in [0, 0.1) is 11.6 Å². The van der Waals surface area contributed by atoms with Gasteiger partial charge in [0.05, 0.1) is 9.92 Å². The molecule has 1 amide bonds. The SMILES string of the molecule is Cn1cc(S(=O)(=C=O)NC(C)(C)C)cc1C(=O)Nc1cc(F)c(F)c(Cl)c1. The third-order valence-corrected chi connectivity index (χ3v) is 5.65. The Bertz CT molecular complexity index is 1020. The van der Waals surface area contributed by atoms with Gasteiger partial charge in [-0.1, -0.05) is 11.6 Å². The van der Waals surface area contributed by atoms with Gasteiger partial charge in [0.2, 0.25) is 5.23 Å². The Morgan fingerprint density at radius 2 is 1.89 bits per heavy atom. The van der Waals surface area contributed by atoms with E-state index in [4.69, 9.17) is 11.6 Å². The van der Waals surface area contributed by atoms with Gasteiger partial charge < -0.3 is 9.88 Å². The lowest BCUT2D eigenvalue weighted by atomic mass is 10.1. The number of nitrogens with zero attached hydrogens (tertiary/aromatic N) is 1. The molecule has 27 heavy (non-hydrogen) atoms. The van der Waals surface area contributed by atoms with Crippen LogP contribution in [0.5, 0.6) is 0 Å². The molecule has 0 aliphatic carbocycles. The Morgan fingerprint density at radius 3 is 2.41 bits per heavy atom. The van der Waals surface area contributed by atoms with Crippen LogP contribution < -0.4 is 10.0 Å². The lowest BCUT2D eigenvalue weighted by molar-refractivity contribution is 0.101. The summed E-state index contributed by atoms with van der Waals surface area (Å²) >= 11 is 5.56. The van der Waals surface area contributed by atoms with Gasteiger partial charge in [0.15, 0.2) is 11.6 Å². The molecule has 0 aliphatic heterocycles. The highest BCUT2D eigenvalue weighted by Crippen LogP contribution is 2.24. The molecule has 1 aromatic heterocycles. The van der Waals surface area contributed by atoms with Crippen molar-refractivity contribution >= 4 is 38.1 Å². The van der Waals surface area contributed by atoms with E-state index in [2.05, 4.69) is 10.0 Å². The van der Waals surface area contributed by atoms with Crippen molar-refractivity contribution in [2.45, 2.75) is 31.2 Å². The molecular formula is C17H18ClF2N3O3S. The van der Waals surface area contributed by atoms with Gasteiger partial charge in [-0.3, -0.25) is 4.79 Å². The standard InChI is InChI=1S/C17H18ClF2N3O3S/c1-17(2,3)22-27(26,9-24)11-7-14(23(4)8-11)16(25)21-10-5-12(18)15(20)13(19)6-10/h5-8H,1-4H3,(H,21,25)(H,22,26). The number of carbonyl (C=O) groups is 1. The zero-order valence-corrected chi connectivity index (χ0v) is 16.6. The van der Waals surface area contributed by atoms with E-state index in [0.29, 0.717) is 0 Å². The molecule has 6 nitrogen and oxygen atoms in total. The summed E-state index contributed by atoms with van der Waals surface area (Å²) < 4.78 is 43.6. The quantitative estimate of drug-likeness (QED) is 0.592. The lowest BCUT2D eigenvalue weighted by Gasteiger charge is -2.21. The van der Waals surface area contributed by atoms with Gasteiger partial charge in [0.1, 0.15) is 15.4 Å². The van der Waals surface area contributed by atoms with Gasteiger partial charge in [-0.2, -0.15) is 0 Å². The van der Waals surface area contributed by atoms with Crippen molar-refractivity contribution in [1.29, 1.82) is 0 Å². The van der Waals surface area contributed by atoms with Crippen molar-refractivity contribution in [2.75, 3.05) is 5.32 Å². The normalized spacial score (nSPS) is 13.7. The third-order valence-electron chi connectivity index (χ3n) is 3.35. The highest BCUT2D eigenvalue weighted by atomic mass is 35.5. The average Bonchev–Trinajstić information content (AvgIpc) is 2.93. The molecule has 0 saturated carbocycles. The summed E-state index contributed by atoms with van der Waals surface area (Å²) in [7, 11) is -1.87. The van der Waals surface area contributed by atoms with Crippen LogP contribution in [0.1, 0.15) is 31.3 Å². The van der Waals surface area contributed by atoms with Crippen LogP contribution in [0.2, 0.25) is 5.02 Å². The smallest absolute Gasteiger partial charge is 0.272 e. The number of benzene rings is 1. The highest BCUT2D eigenvalue weighted by molar-refractivity contribution is 7.99. The van der Waals surface area contributed by atoms with Gasteiger partial charge in [0, 0.05) is 30.5 Å². The molecule has 0 bridgehead atoms. The van der Waals surface area contributed by atoms with E-state index in [1.807, 2.05) is 0 Å². The van der Waals surface area contributed by atoms with Crippen molar-refractivity contribution in [2.24, 2.45) is 7.05 Å². The number of amides is 1. The maximum Gasteiger partial charge on any atom is 0.272 e. The molecule has 1 heterocycles. The summed E-state index contributed by atoms with van der Waals surface area (Å²) in [6.07, 6.45) is 1.36. The van der Waals surface area contributed by atoms with Gasteiger partial charge in [-0.25, -0.2) is 22.5 Å². The van der Waals surface area contributed by atoms with Crippen LogP contribution in [-0.2, 0) is 21.5 Å². The molecule has 1 aromatic carbocycles. The lowest BCUT2D eigenvalue weighted by Crippen LogP contribution is -2.40. The summed E-state index contributed by atoms with van der Waals surface area (Å²) in [4.78, 5) is 23.9. The zero-order chi connectivity index (χ0) is 20.6. The van der Waals surface area contributed by atoms with Crippen molar-refractivity contribution < 1.29 is 22.6 Å². The van der Waals surface area contributed by atoms with Crippen LogP contribution in [0.4, 0.5) is 14.5 Å². The van der Waals surface area contributed by atoms with Gasteiger partial charge in [-0.05, 0) is 32.9 Å². The second-order valence-corrected chi connectivity index (χ2v) is 9.23. The topological polar surface area (TPSA) is 80.2 Å². The largest absolute Gasteiger partial charge is 0.345 e. The number of hydrogen-bond acceptors (Lipinski definition) is 3. The molecule has 146 valence electrons. The monoisotopic (exact) mass is 417 g/mol. The fourth-order valence-corrected chi connectivity index (χ4v) is 4.21. The van der Waals surface area contributed by atoms with Gasteiger partial charge in [-0.15, -0.1) is 0 Å². The first-order chi connectivity index (χ1) is 12.4. The molecule has 2 rings (SSSR count). The fraction of sp³-hybridized carbons (Fsp3) is 0.294. The number of nitrogens with one attached hydrogen (secondary N) is 2. The minimum absolute atomic E-state index is 0.0459. The predicted octanol–water partition coefficient (Wildman–Crippen LogP) is 3.22. The van der Waals surface area contributed by atoms with Gasteiger partial charge in [0.25, 0.3) is 5.91 Å². The Morgan fingerprint density at radius 1 is 1.26 bits per heavy atom. The van der Waals surface area contributed by atoms with E-state index in [1.165, 1.54) is 29.1 Å². The molecule has 1 unspecified atom stereocenters. The number of rotatable bonds is 4. The molecule has 0 aliphatic rings. The predicted molar refractivity (Wildman–Crippen MR) is 99.7 cm³/mol. The third kappa shape index (κ3) is 4.75. The summed E-state index contributed by atoms with van der Waals surface area (Å²) in [6.45, 7) is 5.19. The van der Waals surface area contributed by atoms with Crippen molar-refractivity contribution in [3.05, 3.63) is 46.7 Å². The fourth-order valence-electron chi connectivity index (χ4n) is 2.30. The Kier molecular flexibility index (Phi) is 5.82. The minimum Gasteiger partial charge on any atom is -0.345 e. The number of anilines is 1. The van der Waals surface area contributed by atoms with Crippen LogP contribution >= 0.6 is 11.6 Å². The van der Waals surface area contributed by atoms with E-state index >= 15 is 0 Å². The molecule has 10 heteroatoms. The van der Waals surface area contributed by atoms with Crippen LogP contribution in [0.25, 0.3) is 0 Å². The molecule has 0 fully saturated rings. The average molecular weight is 418 g/mol. The first-order valence-electron chi connectivity index (χ1n) is 7.70. The molecule has 0 saturated heterocycles. The van der Waals surface area contributed by atoms with Crippen LogP contribution in [0.3, 0.4) is 0 Å². The van der Waals surface area contributed by atoms with Crippen molar-refractivity contribution in [3.8, 4) is 0 Å². The minimum atomic E-state index is -3.38.